The van der Waals surface area contributed by atoms with E-state index in [9.17, 15) is 13.6 Å². The van der Waals surface area contributed by atoms with Crippen LogP contribution in [-0.4, -0.2) is 16.6 Å². The zero-order chi connectivity index (χ0) is 15.9. The van der Waals surface area contributed by atoms with Gasteiger partial charge in [0.2, 0.25) is 5.91 Å². The van der Waals surface area contributed by atoms with E-state index in [1.165, 1.54) is 12.3 Å². The molecule has 0 aliphatic heterocycles. The number of anilines is 1. The van der Waals surface area contributed by atoms with Crippen molar-refractivity contribution in [1.82, 2.24) is 4.98 Å². The smallest absolute Gasteiger partial charge is 0.288 e. The summed E-state index contributed by atoms with van der Waals surface area (Å²) in [6.45, 7) is 0. The number of alkyl halides is 2. The first-order chi connectivity index (χ1) is 10.5. The normalized spacial score (nSPS) is 11.1. The first kappa shape index (κ1) is 16.5. The van der Waals surface area contributed by atoms with Crippen molar-refractivity contribution < 1.29 is 13.6 Å². The molecule has 0 bridgehead atoms. The van der Waals surface area contributed by atoms with Gasteiger partial charge in [0.15, 0.2) is 0 Å². The highest BCUT2D eigenvalue weighted by atomic mass is 35.5. The number of benzene rings is 1. The molecule has 0 saturated heterocycles. The summed E-state index contributed by atoms with van der Waals surface area (Å²) < 4.78 is 24.4. The largest absolute Gasteiger partial charge is 0.307 e. The molecule has 1 aromatic carbocycles. The van der Waals surface area contributed by atoms with Gasteiger partial charge in [-0.3, -0.25) is 4.79 Å². The van der Waals surface area contributed by atoms with Crippen LogP contribution in [0.2, 0.25) is 5.02 Å². The van der Waals surface area contributed by atoms with E-state index in [0.29, 0.717) is 27.5 Å². The lowest BCUT2D eigenvalue weighted by Crippen LogP contribution is -2.08. The summed E-state index contributed by atoms with van der Waals surface area (Å²) in [7, 11) is 0. The van der Waals surface area contributed by atoms with Crippen LogP contribution in [0.5, 0.6) is 0 Å². The van der Waals surface area contributed by atoms with Crippen LogP contribution < -0.4 is 5.32 Å². The first-order valence-electron chi connectivity index (χ1n) is 6.18. The molecular formula is C15H11ClF2N2OS. The highest BCUT2D eigenvalue weighted by Gasteiger charge is 2.04. The second-order valence-electron chi connectivity index (χ2n) is 4.13. The molecule has 0 saturated carbocycles. The molecule has 0 aliphatic carbocycles. The molecule has 22 heavy (non-hydrogen) atoms. The average Bonchev–Trinajstić information content (AvgIpc) is 2.48. The lowest BCUT2D eigenvalue weighted by Gasteiger charge is -2.01. The maximum atomic E-state index is 12.2. The predicted molar refractivity (Wildman–Crippen MR) is 85.2 cm³/mol. The summed E-state index contributed by atoms with van der Waals surface area (Å²) in [6.07, 6.45) is 4.36. The Labute approximate surface area is 135 Å². The first-order valence-corrected chi connectivity index (χ1v) is 7.44. The fraction of sp³-hybridized carbons (Fsp3) is 0.0667. The van der Waals surface area contributed by atoms with Gasteiger partial charge >= 0.3 is 0 Å². The number of nitrogens with one attached hydrogen (secondary N) is 1. The lowest BCUT2D eigenvalue weighted by molar-refractivity contribution is -0.111. The number of hydrogen-bond donors (Lipinski definition) is 1. The van der Waals surface area contributed by atoms with Crippen molar-refractivity contribution in [3.63, 3.8) is 0 Å². The number of pyridine rings is 1. The third-order valence-electron chi connectivity index (χ3n) is 2.51. The highest BCUT2D eigenvalue weighted by Crippen LogP contribution is 2.25. The van der Waals surface area contributed by atoms with Crippen LogP contribution in [0.1, 0.15) is 5.56 Å². The Balaban J connectivity index is 1.93. The van der Waals surface area contributed by atoms with Gasteiger partial charge in [0.05, 0.1) is 5.02 Å². The van der Waals surface area contributed by atoms with E-state index in [-0.39, 0.29) is 5.91 Å². The second kappa shape index (κ2) is 7.91. The second-order valence-corrected chi connectivity index (χ2v) is 5.63. The van der Waals surface area contributed by atoms with Crippen molar-refractivity contribution >= 4 is 41.2 Å². The molecule has 2 aromatic rings. The van der Waals surface area contributed by atoms with Crippen LogP contribution in [0, 0.1) is 0 Å². The maximum Gasteiger partial charge on any atom is 0.288 e. The molecule has 0 spiro atoms. The average molecular weight is 341 g/mol. The van der Waals surface area contributed by atoms with E-state index in [2.05, 4.69) is 10.3 Å². The summed E-state index contributed by atoms with van der Waals surface area (Å²) in [4.78, 5) is 16.1. The van der Waals surface area contributed by atoms with E-state index in [1.807, 2.05) is 0 Å². The van der Waals surface area contributed by atoms with Gasteiger partial charge in [-0.1, -0.05) is 35.5 Å². The zero-order valence-corrected chi connectivity index (χ0v) is 12.7. The summed E-state index contributed by atoms with van der Waals surface area (Å²) >= 11 is 6.17. The summed E-state index contributed by atoms with van der Waals surface area (Å²) in [6, 6.07) is 9.69. The Hall–Kier alpha value is -1.92. The standard InChI is InChI=1S/C15H11ClF2N2OS/c16-11-4-7-13(19-9-11)20-14(21)8-3-10-1-5-12(6-2-10)22-15(17)18/h1-9,15H,(H,19,20,21)/b8-3+. The number of carbonyl (C=O) groups excluding carboxylic acids is 1. The number of thioether (sulfide) groups is 1. The van der Waals surface area contributed by atoms with Gasteiger partial charge in [0.25, 0.3) is 5.76 Å². The molecule has 2 rings (SSSR count). The molecule has 0 unspecified atom stereocenters. The van der Waals surface area contributed by atoms with Gasteiger partial charge in [0.1, 0.15) is 5.82 Å². The van der Waals surface area contributed by atoms with Crippen LogP contribution >= 0.6 is 23.4 Å². The monoisotopic (exact) mass is 340 g/mol. The molecule has 1 N–H and O–H groups in total. The Morgan fingerprint density at radius 2 is 1.95 bits per heavy atom. The van der Waals surface area contributed by atoms with Crippen LogP contribution in [-0.2, 0) is 4.79 Å². The Morgan fingerprint density at radius 1 is 1.23 bits per heavy atom. The van der Waals surface area contributed by atoms with Crippen LogP contribution in [0.4, 0.5) is 14.6 Å². The zero-order valence-electron chi connectivity index (χ0n) is 11.2. The van der Waals surface area contributed by atoms with Gasteiger partial charge in [-0.15, -0.1) is 0 Å². The Kier molecular flexibility index (Phi) is 5.91. The third kappa shape index (κ3) is 5.46. The molecule has 7 heteroatoms. The van der Waals surface area contributed by atoms with Crippen LogP contribution in [0.15, 0.2) is 53.6 Å². The molecule has 0 aliphatic rings. The van der Waals surface area contributed by atoms with Crippen LogP contribution in [0.3, 0.4) is 0 Å². The van der Waals surface area contributed by atoms with Gasteiger partial charge in [0, 0.05) is 17.2 Å². The minimum atomic E-state index is -2.45. The van der Waals surface area contributed by atoms with Gasteiger partial charge in [-0.2, -0.15) is 8.78 Å². The Morgan fingerprint density at radius 3 is 2.55 bits per heavy atom. The van der Waals surface area contributed by atoms with Crippen molar-refractivity contribution in [3.05, 3.63) is 59.3 Å². The van der Waals surface area contributed by atoms with Gasteiger partial charge in [-0.25, -0.2) is 4.98 Å². The quantitative estimate of drug-likeness (QED) is 0.633. The molecule has 114 valence electrons. The van der Waals surface area contributed by atoms with Crippen molar-refractivity contribution in [2.75, 3.05) is 5.32 Å². The number of amides is 1. The van der Waals surface area contributed by atoms with Gasteiger partial charge in [-0.05, 0) is 35.9 Å². The third-order valence-corrected chi connectivity index (χ3v) is 3.46. The predicted octanol–water partition coefficient (Wildman–Crippen LogP) is 4.70. The number of nitrogens with zero attached hydrogens (tertiary/aromatic N) is 1. The SMILES string of the molecule is O=C(/C=C/c1ccc(SC(F)F)cc1)Nc1ccc(Cl)cn1. The highest BCUT2D eigenvalue weighted by molar-refractivity contribution is 7.99. The number of carbonyl (C=O) groups is 1. The summed E-state index contributed by atoms with van der Waals surface area (Å²) in [5.74, 6) is -2.40. The summed E-state index contributed by atoms with van der Waals surface area (Å²) in [5, 5.41) is 3.06. The number of aromatic nitrogens is 1. The fourth-order valence-corrected chi connectivity index (χ4v) is 2.16. The van der Waals surface area contributed by atoms with Crippen LogP contribution in [0.25, 0.3) is 6.08 Å². The van der Waals surface area contributed by atoms with E-state index >= 15 is 0 Å². The molecule has 0 fully saturated rings. The van der Waals surface area contributed by atoms with Crippen molar-refractivity contribution in [1.29, 1.82) is 0 Å². The molecule has 3 nitrogen and oxygen atoms in total. The molecule has 0 radical (unpaired) electrons. The lowest BCUT2D eigenvalue weighted by atomic mass is 10.2. The van der Waals surface area contributed by atoms with Gasteiger partial charge < -0.3 is 5.32 Å². The minimum Gasteiger partial charge on any atom is -0.307 e. The number of halogens is 3. The van der Waals surface area contributed by atoms with E-state index in [4.69, 9.17) is 11.6 Å². The Bertz CT molecular complexity index is 660. The summed E-state index contributed by atoms with van der Waals surface area (Å²) in [5.41, 5.74) is 0.734. The van der Waals surface area contributed by atoms with Crippen molar-refractivity contribution in [3.8, 4) is 0 Å². The number of rotatable bonds is 5. The molecular weight excluding hydrogens is 330 g/mol. The molecule has 1 aromatic heterocycles. The van der Waals surface area contributed by atoms with Crippen molar-refractivity contribution in [2.45, 2.75) is 10.7 Å². The van der Waals surface area contributed by atoms with E-state index < -0.39 is 5.76 Å². The van der Waals surface area contributed by atoms with Crippen molar-refractivity contribution in [2.24, 2.45) is 0 Å². The molecule has 1 amide bonds. The maximum absolute atomic E-state index is 12.2. The molecule has 0 atom stereocenters. The fourth-order valence-electron chi connectivity index (χ4n) is 1.55. The number of hydrogen-bond acceptors (Lipinski definition) is 3. The topological polar surface area (TPSA) is 42.0 Å². The molecule has 1 heterocycles. The minimum absolute atomic E-state index is 0.346. The van der Waals surface area contributed by atoms with E-state index in [1.54, 1.807) is 42.5 Å². The van der Waals surface area contributed by atoms with E-state index in [0.717, 1.165) is 5.56 Å².